The Morgan fingerprint density at radius 2 is 2.00 bits per heavy atom. The number of phenols is 1. The van der Waals surface area contributed by atoms with Crippen molar-refractivity contribution in [1.29, 1.82) is 0 Å². The van der Waals surface area contributed by atoms with Gasteiger partial charge < -0.3 is 20.3 Å². The van der Waals surface area contributed by atoms with E-state index in [0.29, 0.717) is 12.3 Å². The van der Waals surface area contributed by atoms with Crippen molar-refractivity contribution in [2.45, 2.75) is 13.2 Å². The summed E-state index contributed by atoms with van der Waals surface area (Å²) in [5, 5.41) is 22.1. The van der Waals surface area contributed by atoms with Crippen LogP contribution in [0.3, 0.4) is 0 Å². The van der Waals surface area contributed by atoms with Crippen LogP contribution in [0.15, 0.2) is 42.5 Å². The van der Waals surface area contributed by atoms with Gasteiger partial charge in [0, 0.05) is 17.8 Å². The van der Waals surface area contributed by atoms with Crippen LogP contribution < -0.4 is 10.1 Å². The van der Waals surface area contributed by atoms with E-state index in [0.717, 1.165) is 16.8 Å². The second kappa shape index (κ2) is 6.11. The molecule has 0 saturated heterocycles. The molecule has 0 radical (unpaired) electrons. The van der Waals surface area contributed by atoms with Crippen LogP contribution in [0, 0.1) is 0 Å². The van der Waals surface area contributed by atoms with Gasteiger partial charge in [0.05, 0.1) is 13.7 Å². The summed E-state index contributed by atoms with van der Waals surface area (Å²) in [5.74, 6) is 0.935. The number of hydrogen-bond acceptors (Lipinski definition) is 4. The van der Waals surface area contributed by atoms with Crippen molar-refractivity contribution in [2.75, 3.05) is 12.4 Å². The molecule has 2 rings (SSSR count). The average Bonchev–Trinajstić information content (AvgIpc) is 2.46. The number of phenolic OH excluding ortho intramolecular Hbond substituents is 1. The van der Waals surface area contributed by atoms with Gasteiger partial charge in [-0.05, 0) is 35.9 Å². The highest BCUT2D eigenvalue weighted by Crippen LogP contribution is 2.24. The molecule has 0 aromatic heterocycles. The van der Waals surface area contributed by atoms with Crippen molar-refractivity contribution in [1.82, 2.24) is 0 Å². The first-order valence-electron chi connectivity index (χ1n) is 6.02. The Labute approximate surface area is 112 Å². The molecule has 0 amide bonds. The van der Waals surface area contributed by atoms with E-state index in [2.05, 4.69) is 5.32 Å². The fourth-order valence-corrected chi connectivity index (χ4v) is 1.81. The van der Waals surface area contributed by atoms with Crippen molar-refractivity contribution in [3.63, 3.8) is 0 Å². The molecule has 0 aliphatic rings. The Morgan fingerprint density at radius 1 is 1.16 bits per heavy atom. The third-order valence-corrected chi connectivity index (χ3v) is 2.88. The lowest BCUT2D eigenvalue weighted by molar-refractivity contribution is 0.282. The van der Waals surface area contributed by atoms with Crippen LogP contribution in [0.25, 0.3) is 0 Å². The molecule has 2 aromatic rings. The predicted molar refractivity (Wildman–Crippen MR) is 74.4 cm³/mol. The SMILES string of the molecule is COc1ccc(O)c(CNc2cccc(CO)c2)c1. The van der Waals surface area contributed by atoms with Crippen molar-refractivity contribution < 1.29 is 14.9 Å². The molecular weight excluding hydrogens is 242 g/mol. The van der Waals surface area contributed by atoms with Gasteiger partial charge >= 0.3 is 0 Å². The van der Waals surface area contributed by atoms with Gasteiger partial charge in [0.1, 0.15) is 11.5 Å². The summed E-state index contributed by atoms with van der Waals surface area (Å²) < 4.78 is 5.13. The van der Waals surface area contributed by atoms with Crippen LogP contribution in [-0.4, -0.2) is 17.3 Å². The minimum Gasteiger partial charge on any atom is -0.508 e. The monoisotopic (exact) mass is 259 g/mol. The summed E-state index contributed by atoms with van der Waals surface area (Å²) in [4.78, 5) is 0. The van der Waals surface area contributed by atoms with Crippen LogP contribution in [0.4, 0.5) is 5.69 Å². The topological polar surface area (TPSA) is 61.7 Å². The van der Waals surface area contributed by atoms with Gasteiger partial charge in [-0.25, -0.2) is 0 Å². The van der Waals surface area contributed by atoms with Crippen LogP contribution in [-0.2, 0) is 13.2 Å². The minimum absolute atomic E-state index is 0.0138. The molecule has 0 saturated carbocycles. The summed E-state index contributed by atoms with van der Waals surface area (Å²) >= 11 is 0. The number of anilines is 1. The lowest BCUT2D eigenvalue weighted by atomic mass is 10.1. The van der Waals surface area contributed by atoms with Crippen molar-refractivity contribution >= 4 is 5.69 Å². The van der Waals surface area contributed by atoms with Gasteiger partial charge in [-0.2, -0.15) is 0 Å². The third kappa shape index (κ3) is 3.39. The normalized spacial score (nSPS) is 10.2. The highest BCUT2D eigenvalue weighted by atomic mass is 16.5. The molecule has 4 nitrogen and oxygen atoms in total. The van der Waals surface area contributed by atoms with E-state index >= 15 is 0 Å². The van der Waals surface area contributed by atoms with E-state index in [1.165, 1.54) is 0 Å². The highest BCUT2D eigenvalue weighted by Gasteiger charge is 2.03. The maximum Gasteiger partial charge on any atom is 0.120 e. The molecule has 0 atom stereocenters. The zero-order valence-corrected chi connectivity index (χ0v) is 10.8. The Hall–Kier alpha value is -2.20. The minimum atomic E-state index is 0.0138. The van der Waals surface area contributed by atoms with E-state index in [-0.39, 0.29) is 12.4 Å². The van der Waals surface area contributed by atoms with Gasteiger partial charge in [0.15, 0.2) is 0 Å². The Balaban J connectivity index is 2.09. The Bertz CT molecular complexity index is 555. The number of ether oxygens (including phenoxy) is 1. The molecule has 0 aliphatic carbocycles. The zero-order chi connectivity index (χ0) is 13.7. The molecule has 4 heteroatoms. The lowest BCUT2D eigenvalue weighted by Crippen LogP contribution is -2.00. The van der Waals surface area contributed by atoms with Gasteiger partial charge in [-0.3, -0.25) is 0 Å². The first kappa shape index (κ1) is 13.2. The van der Waals surface area contributed by atoms with Gasteiger partial charge in [0.2, 0.25) is 0 Å². The van der Waals surface area contributed by atoms with Crippen LogP contribution in [0.1, 0.15) is 11.1 Å². The van der Waals surface area contributed by atoms with Crippen LogP contribution in [0.5, 0.6) is 11.5 Å². The number of hydrogen-bond donors (Lipinski definition) is 3. The maximum absolute atomic E-state index is 9.77. The van der Waals surface area contributed by atoms with E-state index in [9.17, 15) is 5.11 Å². The van der Waals surface area contributed by atoms with E-state index in [4.69, 9.17) is 9.84 Å². The fourth-order valence-electron chi connectivity index (χ4n) is 1.81. The van der Waals surface area contributed by atoms with Gasteiger partial charge in [-0.1, -0.05) is 12.1 Å². The predicted octanol–water partition coefficient (Wildman–Crippen LogP) is 2.51. The van der Waals surface area contributed by atoms with Crippen molar-refractivity contribution in [2.24, 2.45) is 0 Å². The lowest BCUT2D eigenvalue weighted by Gasteiger charge is -2.10. The van der Waals surface area contributed by atoms with Crippen molar-refractivity contribution in [3.05, 3.63) is 53.6 Å². The number of aromatic hydroxyl groups is 1. The number of methoxy groups -OCH3 is 1. The van der Waals surface area contributed by atoms with Crippen molar-refractivity contribution in [3.8, 4) is 11.5 Å². The largest absolute Gasteiger partial charge is 0.508 e. The molecule has 0 unspecified atom stereocenters. The maximum atomic E-state index is 9.77. The summed E-state index contributed by atoms with van der Waals surface area (Å²) in [6, 6.07) is 12.6. The molecule has 0 fully saturated rings. The first-order valence-corrected chi connectivity index (χ1v) is 6.02. The number of rotatable bonds is 5. The molecular formula is C15H17NO3. The second-order valence-electron chi connectivity index (χ2n) is 4.21. The van der Waals surface area contributed by atoms with Gasteiger partial charge in [-0.15, -0.1) is 0 Å². The number of benzene rings is 2. The molecule has 0 heterocycles. The van der Waals surface area contributed by atoms with Crippen LogP contribution in [0.2, 0.25) is 0 Å². The van der Waals surface area contributed by atoms with Crippen LogP contribution >= 0.6 is 0 Å². The number of nitrogens with one attached hydrogen (secondary N) is 1. The third-order valence-electron chi connectivity index (χ3n) is 2.88. The zero-order valence-electron chi connectivity index (χ0n) is 10.8. The molecule has 2 aromatic carbocycles. The summed E-state index contributed by atoms with van der Waals surface area (Å²) in [5.41, 5.74) is 2.50. The molecule has 0 spiro atoms. The molecule has 100 valence electrons. The average molecular weight is 259 g/mol. The van der Waals surface area contributed by atoms with Gasteiger partial charge in [0.25, 0.3) is 0 Å². The summed E-state index contributed by atoms with van der Waals surface area (Å²) in [7, 11) is 1.59. The van der Waals surface area contributed by atoms with E-state index in [1.54, 1.807) is 25.3 Å². The second-order valence-corrected chi connectivity index (χ2v) is 4.21. The molecule has 0 bridgehead atoms. The Kier molecular flexibility index (Phi) is 4.26. The van der Waals surface area contributed by atoms with E-state index in [1.807, 2.05) is 24.3 Å². The number of aliphatic hydroxyl groups is 1. The number of aliphatic hydroxyl groups excluding tert-OH is 1. The Morgan fingerprint density at radius 3 is 2.74 bits per heavy atom. The summed E-state index contributed by atoms with van der Waals surface area (Å²) in [6.45, 7) is 0.498. The standard InChI is InChI=1S/C15H17NO3/c1-19-14-5-6-15(18)12(8-14)9-16-13-4-2-3-11(7-13)10-17/h2-8,16-18H,9-10H2,1H3. The summed E-state index contributed by atoms with van der Waals surface area (Å²) in [6.07, 6.45) is 0. The quantitative estimate of drug-likeness (QED) is 0.772. The fraction of sp³-hybridized carbons (Fsp3) is 0.200. The first-order chi connectivity index (χ1) is 9.22. The van der Waals surface area contributed by atoms with E-state index < -0.39 is 0 Å². The highest BCUT2D eigenvalue weighted by molar-refractivity contribution is 5.48. The smallest absolute Gasteiger partial charge is 0.120 e. The molecule has 19 heavy (non-hydrogen) atoms. The molecule has 3 N–H and O–H groups in total. The molecule has 0 aliphatic heterocycles.